The predicted octanol–water partition coefficient (Wildman–Crippen LogP) is 1.66. The van der Waals surface area contributed by atoms with Gasteiger partial charge in [-0.1, -0.05) is 19.9 Å². The fraction of sp³-hybridized carbons (Fsp3) is 0.700. The number of ether oxygens (including phenoxy) is 1. The molecular formula is C10H18O3. The standard InChI is InChI=1S/C10H18O3/c1-4-6-7-8(3)9(11)10(12)13-5-2/h9,11H,3-7H2,1-2H3. The number of aliphatic hydroxyl groups excluding tert-OH is 1. The number of rotatable bonds is 6. The fourth-order valence-electron chi connectivity index (χ4n) is 0.928. The van der Waals surface area contributed by atoms with Gasteiger partial charge in [-0.3, -0.25) is 0 Å². The Hall–Kier alpha value is -0.830. The topological polar surface area (TPSA) is 46.5 Å². The molecule has 0 radical (unpaired) electrons. The first kappa shape index (κ1) is 12.2. The SMILES string of the molecule is C=C(CCCC)C(O)C(=O)OCC. The Bertz CT molecular complexity index is 175. The second-order valence-electron chi connectivity index (χ2n) is 2.92. The summed E-state index contributed by atoms with van der Waals surface area (Å²) in [6.45, 7) is 7.69. The maximum absolute atomic E-state index is 11.0. The zero-order chi connectivity index (χ0) is 10.3. The number of esters is 1. The van der Waals surface area contributed by atoms with Crippen LogP contribution in [-0.2, 0) is 9.53 Å². The molecule has 0 amide bonds. The molecule has 0 aliphatic rings. The molecule has 0 aliphatic carbocycles. The monoisotopic (exact) mass is 186 g/mol. The highest BCUT2D eigenvalue weighted by Gasteiger charge is 2.18. The largest absolute Gasteiger partial charge is 0.464 e. The summed E-state index contributed by atoms with van der Waals surface area (Å²) >= 11 is 0. The predicted molar refractivity (Wildman–Crippen MR) is 51.3 cm³/mol. The Kier molecular flexibility index (Phi) is 6.24. The first-order valence-corrected chi connectivity index (χ1v) is 4.65. The maximum atomic E-state index is 11.0. The second kappa shape index (κ2) is 6.66. The van der Waals surface area contributed by atoms with Crippen molar-refractivity contribution >= 4 is 5.97 Å². The van der Waals surface area contributed by atoms with Gasteiger partial charge in [0.25, 0.3) is 0 Å². The number of carbonyl (C=O) groups is 1. The molecule has 0 spiro atoms. The molecular weight excluding hydrogens is 168 g/mol. The van der Waals surface area contributed by atoms with Crippen molar-refractivity contribution in [1.29, 1.82) is 0 Å². The molecule has 76 valence electrons. The summed E-state index contributed by atoms with van der Waals surface area (Å²) in [5.41, 5.74) is 0.542. The molecule has 3 heteroatoms. The highest BCUT2D eigenvalue weighted by molar-refractivity contribution is 5.77. The van der Waals surface area contributed by atoms with Crippen molar-refractivity contribution < 1.29 is 14.6 Å². The lowest BCUT2D eigenvalue weighted by molar-refractivity contribution is -0.150. The minimum Gasteiger partial charge on any atom is -0.464 e. The molecule has 0 aromatic carbocycles. The fourth-order valence-corrected chi connectivity index (χ4v) is 0.928. The van der Waals surface area contributed by atoms with Gasteiger partial charge in [0.2, 0.25) is 0 Å². The van der Waals surface area contributed by atoms with Crippen LogP contribution in [0.15, 0.2) is 12.2 Å². The first-order chi connectivity index (χ1) is 6.13. The molecule has 1 unspecified atom stereocenters. The molecule has 0 fully saturated rings. The lowest BCUT2D eigenvalue weighted by Gasteiger charge is -2.11. The lowest BCUT2D eigenvalue weighted by Crippen LogP contribution is -2.24. The van der Waals surface area contributed by atoms with Crippen molar-refractivity contribution in [3.05, 3.63) is 12.2 Å². The van der Waals surface area contributed by atoms with E-state index in [0.29, 0.717) is 12.0 Å². The minimum atomic E-state index is -1.15. The summed E-state index contributed by atoms with van der Waals surface area (Å²) in [5, 5.41) is 9.37. The molecule has 1 N–H and O–H groups in total. The third kappa shape index (κ3) is 4.68. The highest BCUT2D eigenvalue weighted by Crippen LogP contribution is 2.10. The molecule has 0 saturated heterocycles. The number of aliphatic hydroxyl groups is 1. The molecule has 0 saturated carbocycles. The second-order valence-corrected chi connectivity index (χ2v) is 2.92. The third-order valence-corrected chi connectivity index (χ3v) is 1.75. The van der Waals surface area contributed by atoms with Gasteiger partial charge in [-0.15, -0.1) is 0 Å². The van der Waals surface area contributed by atoms with Crippen LogP contribution in [0, 0.1) is 0 Å². The highest BCUT2D eigenvalue weighted by atomic mass is 16.5. The lowest BCUT2D eigenvalue weighted by atomic mass is 10.1. The van der Waals surface area contributed by atoms with Gasteiger partial charge < -0.3 is 9.84 Å². The number of carbonyl (C=O) groups excluding carboxylic acids is 1. The van der Waals surface area contributed by atoms with Crippen LogP contribution in [0.3, 0.4) is 0 Å². The van der Waals surface area contributed by atoms with E-state index < -0.39 is 12.1 Å². The van der Waals surface area contributed by atoms with E-state index in [-0.39, 0.29) is 6.61 Å². The van der Waals surface area contributed by atoms with Crippen LogP contribution in [0.25, 0.3) is 0 Å². The van der Waals surface area contributed by atoms with Gasteiger partial charge in [0.05, 0.1) is 6.61 Å². The van der Waals surface area contributed by atoms with Crippen molar-refractivity contribution in [2.45, 2.75) is 39.2 Å². The average Bonchev–Trinajstić information content (AvgIpc) is 2.13. The van der Waals surface area contributed by atoms with Gasteiger partial charge in [0.15, 0.2) is 6.10 Å². The summed E-state index contributed by atoms with van der Waals surface area (Å²) in [4.78, 5) is 11.0. The van der Waals surface area contributed by atoms with E-state index in [1.807, 2.05) is 6.92 Å². The van der Waals surface area contributed by atoms with Gasteiger partial charge in [-0.05, 0) is 25.3 Å². The molecule has 0 rings (SSSR count). The van der Waals surface area contributed by atoms with Gasteiger partial charge in [-0.2, -0.15) is 0 Å². The van der Waals surface area contributed by atoms with E-state index in [1.54, 1.807) is 6.92 Å². The van der Waals surface area contributed by atoms with Crippen LogP contribution >= 0.6 is 0 Å². The molecule has 3 nitrogen and oxygen atoms in total. The minimum absolute atomic E-state index is 0.289. The Morgan fingerprint density at radius 1 is 1.54 bits per heavy atom. The maximum Gasteiger partial charge on any atom is 0.339 e. The van der Waals surface area contributed by atoms with E-state index in [9.17, 15) is 9.90 Å². The van der Waals surface area contributed by atoms with Crippen LogP contribution in [-0.4, -0.2) is 23.8 Å². The summed E-state index contributed by atoms with van der Waals surface area (Å²) in [7, 11) is 0. The van der Waals surface area contributed by atoms with Gasteiger partial charge >= 0.3 is 5.97 Å². The van der Waals surface area contributed by atoms with E-state index in [2.05, 4.69) is 11.3 Å². The summed E-state index contributed by atoms with van der Waals surface area (Å²) in [5.74, 6) is -0.594. The normalized spacial score (nSPS) is 12.2. The van der Waals surface area contributed by atoms with Gasteiger partial charge in [-0.25, -0.2) is 4.79 Å². The van der Waals surface area contributed by atoms with Crippen LogP contribution in [0.1, 0.15) is 33.1 Å². The number of hydrogen-bond donors (Lipinski definition) is 1. The van der Waals surface area contributed by atoms with Crippen LogP contribution in [0.5, 0.6) is 0 Å². The number of unbranched alkanes of at least 4 members (excludes halogenated alkanes) is 1. The molecule has 0 bridgehead atoms. The zero-order valence-electron chi connectivity index (χ0n) is 8.38. The molecule has 13 heavy (non-hydrogen) atoms. The summed E-state index contributed by atoms with van der Waals surface area (Å²) in [6.07, 6.45) is 1.49. The van der Waals surface area contributed by atoms with Crippen molar-refractivity contribution in [3.8, 4) is 0 Å². The zero-order valence-corrected chi connectivity index (χ0v) is 8.38. The Labute approximate surface area is 79.4 Å². The van der Waals surface area contributed by atoms with Crippen LogP contribution < -0.4 is 0 Å². The number of hydrogen-bond acceptors (Lipinski definition) is 3. The summed E-state index contributed by atoms with van der Waals surface area (Å²) < 4.78 is 4.65. The van der Waals surface area contributed by atoms with E-state index in [0.717, 1.165) is 12.8 Å². The molecule has 0 heterocycles. The van der Waals surface area contributed by atoms with Crippen molar-refractivity contribution in [3.63, 3.8) is 0 Å². The Balaban J connectivity index is 3.87. The van der Waals surface area contributed by atoms with E-state index >= 15 is 0 Å². The first-order valence-electron chi connectivity index (χ1n) is 4.65. The third-order valence-electron chi connectivity index (χ3n) is 1.75. The van der Waals surface area contributed by atoms with Crippen molar-refractivity contribution in [2.24, 2.45) is 0 Å². The average molecular weight is 186 g/mol. The molecule has 1 atom stereocenters. The van der Waals surface area contributed by atoms with Crippen LogP contribution in [0.4, 0.5) is 0 Å². The van der Waals surface area contributed by atoms with Crippen LogP contribution in [0.2, 0.25) is 0 Å². The van der Waals surface area contributed by atoms with Gasteiger partial charge in [0.1, 0.15) is 0 Å². The Morgan fingerprint density at radius 3 is 2.62 bits per heavy atom. The smallest absolute Gasteiger partial charge is 0.339 e. The van der Waals surface area contributed by atoms with E-state index in [1.165, 1.54) is 0 Å². The molecule has 0 aromatic rings. The van der Waals surface area contributed by atoms with Crippen molar-refractivity contribution in [2.75, 3.05) is 6.61 Å². The van der Waals surface area contributed by atoms with Crippen molar-refractivity contribution in [1.82, 2.24) is 0 Å². The van der Waals surface area contributed by atoms with Gasteiger partial charge in [0, 0.05) is 0 Å². The molecule has 0 aliphatic heterocycles. The molecule has 0 aromatic heterocycles. The quantitative estimate of drug-likeness (QED) is 0.507. The van der Waals surface area contributed by atoms with E-state index in [4.69, 9.17) is 0 Å². The Morgan fingerprint density at radius 2 is 2.15 bits per heavy atom. The summed E-state index contributed by atoms with van der Waals surface area (Å²) in [6, 6.07) is 0.